The van der Waals surface area contributed by atoms with Gasteiger partial charge in [0.1, 0.15) is 4.64 Å². The Morgan fingerprint density at radius 2 is 2.00 bits per heavy atom. The number of H-pyrrole nitrogens is 1. The van der Waals surface area contributed by atoms with Crippen molar-refractivity contribution < 1.29 is 0 Å². The molecule has 2 aromatic heterocycles. The van der Waals surface area contributed by atoms with Crippen molar-refractivity contribution in [1.29, 1.82) is 0 Å². The van der Waals surface area contributed by atoms with E-state index in [-0.39, 0.29) is 0 Å². The molecule has 0 fully saturated rings. The van der Waals surface area contributed by atoms with Crippen molar-refractivity contribution in [3.05, 3.63) is 53.3 Å². The van der Waals surface area contributed by atoms with Crippen LogP contribution in [0, 0.1) is 4.64 Å². The highest BCUT2D eigenvalue weighted by atomic mass is 32.1. The monoisotopic (exact) mass is 239 g/mol. The highest BCUT2D eigenvalue weighted by Crippen LogP contribution is 2.20. The molecule has 0 atom stereocenters. The van der Waals surface area contributed by atoms with Crippen molar-refractivity contribution in [2.45, 2.75) is 0 Å². The standard InChI is InChI=1S/C13H9N3S/c17-13-6-5-12(15-16-13)10-3-4-11-9(8-10)2-1-7-14-11/h1-8H,(H,16,17). The molecule has 4 heteroatoms. The quantitative estimate of drug-likeness (QED) is 0.662. The van der Waals surface area contributed by atoms with Crippen molar-refractivity contribution in [1.82, 2.24) is 15.2 Å². The predicted molar refractivity (Wildman–Crippen MR) is 70.2 cm³/mol. The average Bonchev–Trinajstić information content (AvgIpc) is 2.39. The molecule has 17 heavy (non-hydrogen) atoms. The fourth-order valence-electron chi connectivity index (χ4n) is 1.74. The first-order valence-corrected chi connectivity index (χ1v) is 5.65. The van der Waals surface area contributed by atoms with E-state index >= 15 is 0 Å². The molecule has 0 amide bonds. The number of hydrogen-bond donors (Lipinski definition) is 1. The lowest BCUT2D eigenvalue weighted by Gasteiger charge is -2.02. The third-order valence-electron chi connectivity index (χ3n) is 2.58. The first-order chi connectivity index (χ1) is 8.33. The summed E-state index contributed by atoms with van der Waals surface area (Å²) < 4.78 is 0.635. The fourth-order valence-corrected chi connectivity index (χ4v) is 1.85. The summed E-state index contributed by atoms with van der Waals surface area (Å²) >= 11 is 4.97. The highest BCUT2D eigenvalue weighted by molar-refractivity contribution is 7.71. The van der Waals surface area contributed by atoms with Gasteiger partial charge in [-0.1, -0.05) is 24.4 Å². The van der Waals surface area contributed by atoms with E-state index in [0.717, 1.165) is 22.2 Å². The Bertz CT molecular complexity index is 713. The van der Waals surface area contributed by atoms with E-state index in [1.807, 2.05) is 36.4 Å². The third-order valence-corrected chi connectivity index (χ3v) is 2.81. The zero-order valence-corrected chi connectivity index (χ0v) is 9.74. The molecule has 0 aliphatic rings. The molecule has 0 saturated heterocycles. The van der Waals surface area contributed by atoms with Gasteiger partial charge in [0.15, 0.2) is 0 Å². The van der Waals surface area contributed by atoms with Crippen LogP contribution >= 0.6 is 12.2 Å². The minimum absolute atomic E-state index is 0.635. The van der Waals surface area contributed by atoms with Gasteiger partial charge in [0.05, 0.1) is 11.2 Å². The summed E-state index contributed by atoms with van der Waals surface area (Å²) in [5.74, 6) is 0. The summed E-state index contributed by atoms with van der Waals surface area (Å²) in [6.07, 6.45) is 1.79. The lowest BCUT2D eigenvalue weighted by Crippen LogP contribution is -1.87. The molecule has 0 radical (unpaired) electrons. The van der Waals surface area contributed by atoms with E-state index < -0.39 is 0 Å². The second-order valence-electron chi connectivity index (χ2n) is 3.72. The smallest absolute Gasteiger partial charge is 0.119 e. The Hall–Kier alpha value is -2.07. The Balaban J connectivity index is 2.17. The zero-order chi connectivity index (χ0) is 11.7. The molecule has 0 bridgehead atoms. The second kappa shape index (κ2) is 4.07. The predicted octanol–water partition coefficient (Wildman–Crippen LogP) is 3.35. The van der Waals surface area contributed by atoms with E-state index in [1.54, 1.807) is 6.20 Å². The molecule has 0 aliphatic heterocycles. The first kappa shape index (κ1) is 10.1. The van der Waals surface area contributed by atoms with Gasteiger partial charge in [-0.05, 0) is 30.3 Å². The van der Waals surface area contributed by atoms with Crippen LogP contribution in [0.15, 0.2) is 48.7 Å². The lowest BCUT2D eigenvalue weighted by molar-refractivity contribution is 1.02. The van der Waals surface area contributed by atoms with Crippen LogP contribution in [0.2, 0.25) is 0 Å². The number of pyridine rings is 1. The molecule has 1 aromatic carbocycles. The van der Waals surface area contributed by atoms with Crippen LogP contribution in [0.3, 0.4) is 0 Å². The fraction of sp³-hybridized carbons (Fsp3) is 0. The molecular weight excluding hydrogens is 230 g/mol. The number of rotatable bonds is 1. The van der Waals surface area contributed by atoms with Crippen LogP contribution in [0.5, 0.6) is 0 Å². The van der Waals surface area contributed by atoms with Crippen LogP contribution in [-0.2, 0) is 0 Å². The number of benzene rings is 1. The van der Waals surface area contributed by atoms with E-state index in [2.05, 4.69) is 21.2 Å². The van der Waals surface area contributed by atoms with Crippen LogP contribution < -0.4 is 0 Å². The average molecular weight is 239 g/mol. The van der Waals surface area contributed by atoms with Crippen molar-refractivity contribution in [3.63, 3.8) is 0 Å². The maximum Gasteiger partial charge on any atom is 0.119 e. The molecule has 0 unspecified atom stereocenters. The lowest BCUT2D eigenvalue weighted by atomic mass is 10.1. The van der Waals surface area contributed by atoms with E-state index in [1.165, 1.54) is 0 Å². The van der Waals surface area contributed by atoms with Gasteiger partial charge >= 0.3 is 0 Å². The Morgan fingerprint density at radius 1 is 1.06 bits per heavy atom. The molecule has 3 rings (SSSR count). The summed E-state index contributed by atoms with van der Waals surface area (Å²) in [6, 6.07) is 13.8. The molecule has 1 N–H and O–H groups in total. The number of hydrogen-bond acceptors (Lipinski definition) is 3. The summed E-state index contributed by atoms with van der Waals surface area (Å²) in [4.78, 5) is 4.29. The van der Waals surface area contributed by atoms with Crippen LogP contribution in [0.4, 0.5) is 0 Å². The van der Waals surface area contributed by atoms with E-state index in [0.29, 0.717) is 4.64 Å². The summed E-state index contributed by atoms with van der Waals surface area (Å²) in [5, 5.41) is 8.11. The molecular formula is C13H9N3S. The number of fused-ring (bicyclic) bond motifs is 1. The Kier molecular flexibility index (Phi) is 2.42. The van der Waals surface area contributed by atoms with Crippen LogP contribution in [0.1, 0.15) is 0 Å². The number of aromatic amines is 1. The van der Waals surface area contributed by atoms with E-state index in [4.69, 9.17) is 12.2 Å². The summed E-state index contributed by atoms with van der Waals surface area (Å²) in [5.41, 5.74) is 2.92. The largest absolute Gasteiger partial charge is 0.267 e. The van der Waals surface area contributed by atoms with Crippen LogP contribution in [0.25, 0.3) is 22.2 Å². The Labute approximate surface area is 103 Å². The molecule has 3 aromatic rings. The van der Waals surface area contributed by atoms with Crippen molar-refractivity contribution in [3.8, 4) is 11.3 Å². The van der Waals surface area contributed by atoms with Gasteiger partial charge in [0.25, 0.3) is 0 Å². The van der Waals surface area contributed by atoms with Gasteiger partial charge < -0.3 is 0 Å². The Morgan fingerprint density at radius 3 is 2.82 bits per heavy atom. The number of nitrogens with one attached hydrogen (secondary N) is 1. The second-order valence-corrected chi connectivity index (χ2v) is 4.16. The van der Waals surface area contributed by atoms with Gasteiger partial charge in [-0.2, -0.15) is 5.10 Å². The summed E-state index contributed by atoms with van der Waals surface area (Å²) in [6.45, 7) is 0. The van der Waals surface area contributed by atoms with Gasteiger partial charge in [-0.25, -0.2) is 0 Å². The van der Waals surface area contributed by atoms with Crippen LogP contribution in [-0.4, -0.2) is 15.2 Å². The number of nitrogens with zero attached hydrogens (tertiary/aromatic N) is 2. The van der Waals surface area contributed by atoms with Crippen molar-refractivity contribution in [2.24, 2.45) is 0 Å². The summed E-state index contributed by atoms with van der Waals surface area (Å²) in [7, 11) is 0. The minimum atomic E-state index is 0.635. The van der Waals surface area contributed by atoms with Gasteiger partial charge in [0.2, 0.25) is 0 Å². The minimum Gasteiger partial charge on any atom is -0.267 e. The van der Waals surface area contributed by atoms with Crippen molar-refractivity contribution in [2.75, 3.05) is 0 Å². The van der Waals surface area contributed by atoms with Gasteiger partial charge in [-0.15, -0.1) is 0 Å². The molecule has 0 saturated carbocycles. The maximum atomic E-state index is 4.97. The third kappa shape index (κ3) is 1.94. The first-order valence-electron chi connectivity index (χ1n) is 5.24. The maximum absolute atomic E-state index is 4.97. The molecule has 0 spiro atoms. The molecule has 3 nitrogen and oxygen atoms in total. The zero-order valence-electron chi connectivity index (χ0n) is 8.92. The highest BCUT2D eigenvalue weighted by Gasteiger charge is 2.00. The SMILES string of the molecule is S=c1ccc(-c2ccc3ncccc3c2)n[nH]1. The number of aromatic nitrogens is 3. The topological polar surface area (TPSA) is 41.6 Å². The molecule has 2 heterocycles. The van der Waals surface area contributed by atoms with Gasteiger partial charge in [-0.3, -0.25) is 10.1 Å². The molecule has 0 aliphatic carbocycles. The van der Waals surface area contributed by atoms with E-state index in [9.17, 15) is 0 Å². The molecule has 82 valence electrons. The van der Waals surface area contributed by atoms with Crippen molar-refractivity contribution >= 4 is 23.1 Å². The normalized spacial score (nSPS) is 10.6. The van der Waals surface area contributed by atoms with Gasteiger partial charge in [0, 0.05) is 17.1 Å².